The summed E-state index contributed by atoms with van der Waals surface area (Å²) in [6.45, 7) is 0. The number of ether oxygens (including phenoxy) is 1. The van der Waals surface area contributed by atoms with Crippen LogP contribution in [0.25, 0.3) is 11.1 Å². The summed E-state index contributed by atoms with van der Waals surface area (Å²) >= 11 is 0. The number of carbonyl (C=O) groups is 1. The molecule has 0 saturated heterocycles. The Kier molecular flexibility index (Phi) is 4.48. The Bertz CT molecular complexity index is 796. The third-order valence-corrected chi connectivity index (χ3v) is 3.86. The minimum Gasteiger partial charge on any atom is -0.512 e. The van der Waals surface area contributed by atoms with Gasteiger partial charge in [-0.05, 0) is 23.8 Å². The molecule has 0 bridgehead atoms. The van der Waals surface area contributed by atoms with Crippen molar-refractivity contribution in [2.45, 2.75) is 25.1 Å². The van der Waals surface area contributed by atoms with Gasteiger partial charge in [-0.1, -0.05) is 18.2 Å². The summed E-state index contributed by atoms with van der Waals surface area (Å²) in [5, 5.41) is 9.57. The average molecular weight is 349 g/mol. The van der Waals surface area contributed by atoms with E-state index in [1.165, 1.54) is 30.3 Å². The SMILES string of the molecule is O=C1C=C(O)CC(c2ccc(-c3ccc(OC(F)(F)F)cc3)cn2)C1. The van der Waals surface area contributed by atoms with E-state index in [2.05, 4.69) is 9.72 Å². The zero-order chi connectivity index (χ0) is 18.0. The van der Waals surface area contributed by atoms with Gasteiger partial charge in [0.25, 0.3) is 0 Å². The van der Waals surface area contributed by atoms with Crippen LogP contribution in [0.4, 0.5) is 13.2 Å². The van der Waals surface area contributed by atoms with Crippen LogP contribution in [0.3, 0.4) is 0 Å². The fourth-order valence-corrected chi connectivity index (χ4v) is 2.75. The van der Waals surface area contributed by atoms with Gasteiger partial charge in [-0.15, -0.1) is 13.2 Å². The van der Waals surface area contributed by atoms with Crippen LogP contribution in [0, 0.1) is 0 Å². The van der Waals surface area contributed by atoms with Crippen molar-refractivity contribution < 1.29 is 27.8 Å². The van der Waals surface area contributed by atoms with Crippen LogP contribution in [-0.2, 0) is 4.79 Å². The van der Waals surface area contributed by atoms with E-state index in [0.717, 1.165) is 5.56 Å². The van der Waals surface area contributed by atoms with Gasteiger partial charge in [0.15, 0.2) is 5.78 Å². The summed E-state index contributed by atoms with van der Waals surface area (Å²) in [5.41, 5.74) is 2.11. The standard InChI is InChI=1S/C18H14F3NO3/c19-18(20,21)25-16-4-1-11(2-5-16)12-3-6-17(22-10-12)13-7-14(23)9-15(24)8-13/h1-6,9-10,13,23H,7-8H2. The first-order valence-electron chi connectivity index (χ1n) is 7.55. The first-order valence-corrected chi connectivity index (χ1v) is 7.55. The second kappa shape index (κ2) is 6.58. The second-order valence-electron chi connectivity index (χ2n) is 5.75. The Balaban J connectivity index is 1.74. The summed E-state index contributed by atoms with van der Waals surface area (Å²) in [4.78, 5) is 15.8. The van der Waals surface area contributed by atoms with Gasteiger partial charge in [-0.3, -0.25) is 9.78 Å². The Morgan fingerprint density at radius 3 is 2.28 bits per heavy atom. The number of rotatable bonds is 3. The predicted octanol–water partition coefficient (Wildman–Crippen LogP) is 4.54. The highest BCUT2D eigenvalue weighted by atomic mass is 19.4. The molecule has 1 unspecified atom stereocenters. The Labute approximate surface area is 141 Å². The van der Waals surface area contributed by atoms with E-state index in [4.69, 9.17) is 0 Å². The lowest BCUT2D eigenvalue weighted by Gasteiger charge is -2.18. The number of hydrogen-bond donors (Lipinski definition) is 1. The Morgan fingerprint density at radius 2 is 1.72 bits per heavy atom. The highest BCUT2D eigenvalue weighted by molar-refractivity contribution is 5.91. The lowest BCUT2D eigenvalue weighted by Crippen LogP contribution is -2.16. The molecule has 1 heterocycles. The van der Waals surface area contributed by atoms with Gasteiger partial charge in [0, 0.05) is 42.3 Å². The summed E-state index contributed by atoms with van der Waals surface area (Å²) in [6, 6.07) is 9.03. The van der Waals surface area contributed by atoms with Crippen molar-refractivity contribution >= 4 is 5.78 Å². The molecule has 1 N–H and O–H groups in total. The van der Waals surface area contributed by atoms with Gasteiger partial charge in [0.05, 0.1) is 5.76 Å². The number of ketones is 1. The van der Waals surface area contributed by atoms with Crippen molar-refractivity contribution in [2.75, 3.05) is 0 Å². The van der Waals surface area contributed by atoms with Crippen molar-refractivity contribution in [3.8, 4) is 16.9 Å². The number of aliphatic hydroxyl groups is 1. The third-order valence-electron chi connectivity index (χ3n) is 3.86. The number of aliphatic hydroxyl groups excluding tert-OH is 1. The fraction of sp³-hybridized carbons (Fsp3) is 0.222. The molecule has 4 nitrogen and oxygen atoms in total. The minimum absolute atomic E-state index is 0.0485. The van der Waals surface area contributed by atoms with E-state index in [1.807, 2.05) is 0 Å². The summed E-state index contributed by atoms with van der Waals surface area (Å²) in [7, 11) is 0. The van der Waals surface area contributed by atoms with E-state index in [9.17, 15) is 23.1 Å². The van der Waals surface area contributed by atoms with Crippen molar-refractivity contribution in [3.63, 3.8) is 0 Å². The number of carbonyl (C=O) groups excluding carboxylic acids is 1. The molecule has 1 aromatic heterocycles. The van der Waals surface area contributed by atoms with Crippen LogP contribution in [0.2, 0.25) is 0 Å². The largest absolute Gasteiger partial charge is 0.573 e. The number of aromatic nitrogens is 1. The van der Waals surface area contributed by atoms with Crippen molar-refractivity contribution in [1.29, 1.82) is 0 Å². The zero-order valence-corrected chi connectivity index (χ0v) is 13.0. The van der Waals surface area contributed by atoms with E-state index < -0.39 is 6.36 Å². The first kappa shape index (κ1) is 17.0. The van der Waals surface area contributed by atoms with Gasteiger partial charge in [0.2, 0.25) is 0 Å². The lowest BCUT2D eigenvalue weighted by molar-refractivity contribution is -0.274. The quantitative estimate of drug-likeness (QED) is 0.884. The maximum Gasteiger partial charge on any atom is 0.573 e. The van der Waals surface area contributed by atoms with Crippen molar-refractivity contribution in [1.82, 2.24) is 4.98 Å². The van der Waals surface area contributed by atoms with E-state index in [-0.39, 0.29) is 23.2 Å². The molecule has 0 fully saturated rings. The first-order chi connectivity index (χ1) is 11.8. The maximum atomic E-state index is 12.2. The average Bonchev–Trinajstić information content (AvgIpc) is 2.53. The number of allylic oxidation sites excluding steroid dienone is 2. The molecule has 0 radical (unpaired) electrons. The fourth-order valence-electron chi connectivity index (χ4n) is 2.75. The van der Waals surface area contributed by atoms with Gasteiger partial charge in [-0.25, -0.2) is 0 Å². The number of benzene rings is 1. The Hall–Kier alpha value is -2.83. The van der Waals surface area contributed by atoms with E-state index in [1.54, 1.807) is 18.3 Å². The van der Waals surface area contributed by atoms with Gasteiger partial charge in [0.1, 0.15) is 5.75 Å². The molecular weight excluding hydrogens is 335 g/mol. The van der Waals surface area contributed by atoms with Crippen LogP contribution in [0.15, 0.2) is 54.4 Å². The molecule has 0 amide bonds. The summed E-state index contributed by atoms with van der Waals surface area (Å²) in [5.74, 6) is -0.551. The number of alkyl halides is 3. The molecule has 0 saturated carbocycles. The molecule has 1 atom stereocenters. The second-order valence-corrected chi connectivity index (χ2v) is 5.75. The molecule has 1 aromatic carbocycles. The zero-order valence-electron chi connectivity index (χ0n) is 13.0. The number of nitrogens with zero attached hydrogens (tertiary/aromatic N) is 1. The molecule has 0 spiro atoms. The maximum absolute atomic E-state index is 12.2. The van der Waals surface area contributed by atoms with Crippen molar-refractivity contribution in [3.05, 3.63) is 60.1 Å². The van der Waals surface area contributed by atoms with Crippen LogP contribution in [0.5, 0.6) is 5.75 Å². The number of hydrogen-bond acceptors (Lipinski definition) is 4. The van der Waals surface area contributed by atoms with Gasteiger partial charge >= 0.3 is 6.36 Å². The highest BCUT2D eigenvalue weighted by Gasteiger charge is 2.31. The van der Waals surface area contributed by atoms with Crippen LogP contribution < -0.4 is 4.74 Å². The molecule has 1 aliphatic rings. The monoisotopic (exact) mass is 349 g/mol. The molecular formula is C18H14F3NO3. The lowest BCUT2D eigenvalue weighted by atomic mass is 9.89. The van der Waals surface area contributed by atoms with Crippen molar-refractivity contribution in [2.24, 2.45) is 0 Å². The highest BCUT2D eigenvalue weighted by Crippen LogP contribution is 2.31. The molecule has 0 aliphatic heterocycles. The summed E-state index contributed by atoms with van der Waals surface area (Å²) in [6.07, 6.45) is -1.24. The van der Waals surface area contributed by atoms with Gasteiger partial charge in [-0.2, -0.15) is 0 Å². The normalized spacial score (nSPS) is 18.0. The third kappa shape index (κ3) is 4.37. The number of halogens is 3. The van der Waals surface area contributed by atoms with E-state index >= 15 is 0 Å². The van der Waals surface area contributed by atoms with Crippen LogP contribution in [0.1, 0.15) is 24.5 Å². The molecule has 130 valence electrons. The molecule has 1 aliphatic carbocycles. The van der Waals surface area contributed by atoms with Crippen LogP contribution in [-0.4, -0.2) is 22.2 Å². The van der Waals surface area contributed by atoms with Crippen LogP contribution >= 0.6 is 0 Å². The number of pyridine rings is 1. The molecule has 2 aromatic rings. The topological polar surface area (TPSA) is 59.4 Å². The predicted molar refractivity (Wildman–Crippen MR) is 84.0 cm³/mol. The molecule has 3 rings (SSSR count). The minimum atomic E-state index is -4.72. The van der Waals surface area contributed by atoms with E-state index in [0.29, 0.717) is 24.1 Å². The summed E-state index contributed by atoms with van der Waals surface area (Å²) < 4.78 is 40.3. The smallest absolute Gasteiger partial charge is 0.512 e. The van der Waals surface area contributed by atoms with Gasteiger partial charge < -0.3 is 9.84 Å². The molecule has 25 heavy (non-hydrogen) atoms. The Morgan fingerprint density at radius 1 is 1.04 bits per heavy atom. The molecule has 7 heteroatoms.